The molecule has 0 fully saturated rings. The third-order valence-electron chi connectivity index (χ3n) is 12.3. The molecule has 0 atom stereocenters. The summed E-state index contributed by atoms with van der Waals surface area (Å²) in [4.78, 5) is 0. The molecule has 0 aliphatic rings. The Labute approximate surface area is 350 Å². The average Bonchev–Trinajstić information content (AvgIpc) is 3.74. The molecular weight excluding hydrogens is 729 g/mol. The Morgan fingerprint density at radius 1 is 0.367 bits per heavy atom. The van der Waals surface area contributed by atoms with Gasteiger partial charge in [0.25, 0.3) is 0 Å². The van der Waals surface area contributed by atoms with Crippen LogP contribution in [0, 0.1) is 64.2 Å². The molecule has 0 radical (unpaired) electrons. The number of nitriles is 2. The van der Waals surface area contributed by atoms with E-state index < -0.39 is 0 Å². The molecule has 2 heterocycles. The largest absolute Gasteiger partial charge is 0.308 e. The fourth-order valence-corrected chi connectivity index (χ4v) is 10.1. The van der Waals surface area contributed by atoms with Gasteiger partial charge in [-0.05, 0) is 158 Å². The molecule has 0 aliphatic carbocycles. The minimum atomic E-state index is 0.559. The molecule has 0 aliphatic heterocycles. The maximum absolute atomic E-state index is 11.5. The van der Waals surface area contributed by atoms with Gasteiger partial charge in [-0.25, -0.2) is 0 Å². The predicted molar refractivity (Wildman–Crippen MR) is 249 cm³/mol. The van der Waals surface area contributed by atoms with Crippen molar-refractivity contribution in [2.75, 3.05) is 0 Å². The molecule has 4 nitrogen and oxygen atoms in total. The van der Waals surface area contributed by atoms with Crippen LogP contribution in [0.3, 0.4) is 0 Å². The molecule has 8 aromatic carbocycles. The second-order valence-corrected chi connectivity index (χ2v) is 16.4. The van der Waals surface area contributed by atoms with E-state index in [9.17, 15) is 10.5 Å². The summed E-state index contributed by atoms with van der Waals surface area (Å²) in [6.07, 6.45) is 0. The van der Waals surface area contributed by atoms with Crippen molar-refractivity contribution in [1.82, 2.24) is 9.13 Å². The Kier molecular flexibility index (Phi) is 8.57. The van der Waals surface area contributed by atoms with Crippen LogP contribution in [0.5, 0.6) is 0 Å². The number of fused-ring (bicyclic) bond motifs is 6. The number of aryl methyl sites for hydroxylation is 6. The van der Waals surface area contributed by atoms with E-state index in [4.69, 9.17) is 0 Å². The van der Waals surface area contributed by atoms with Crippen molar-refractivity contribution in [1.29, 1.82) is 10.5 Å². The number of rotatable bonds is 5. The van der Waals surface area contributed by atoms with Crippen LogP contribution < -0.4 is 0 Å². The van der Waals surface area contributed by atoms with Crippen molar-refractivity contribution < 1.29 is 0 Å². The number of nitrogens with zero attached hydrogens (tertiary/aromatic N) is 4. The van der Waals surface area contributed by atoms with Gasteiger partial charge in [0, 0.05) is 21.5 Å². The molecule has 0 spiro atoms. The Bertz CT molecular complexity index is 3280. The summed E-state index contributed by atoms with van der Waals surface area (Å²) in [5, 5.41) is 25.9. The molecule has 4 heteroatoms. The highest BCUT2D eigenvalue weighted by Crippen LogP contribution is 2.43. The Morgan fingerprint density at radius 3 is 1.27 bits per heavy atom. The Hall–Kier alpha value is -7.66. The SMILES string of the molecule is Cc1cc(C)c(-c2ccc3c(c2)c2ccccc2n3-c2cc(-c3cccc(C#N)c3)cc(-n3c4ccccc4c4cc(-c5c(C)cc(C)cc5C)ccc43)c2C#N)c(C)c1. The van der Waals surface area contributed by atoms with Gasteiger partial charge >= 0.3 is 0 Å². The van der Waals surface area contributed by atoms with Gasteiger partial charge in [-0.15, -0.1) is 0 Å². The molecule has 0 saturated carbocycles. The maximum Gasteiger partial charge on any atom is 0.104 e. The highest BCUT2D eigenvalue weighted by atomic mass is 15.0. The summed E-state index contributed by atoms with van der Waals surface area (Å²) in [6, 6.07) is 56.6. The zero-order chi connectivity index (χ0) is 41.4. The van der Waals surface area contributed by atoms with Crippen molar-refractivity contribution in [2.45, 2.75) is 41.5 Å². The summed E-state index contributed by atoms with van der Waals surface area (Å²) < 4.78 is 4.52. The third-order valence-corrected chi connectivity index (χ3v) is 12.3. The van der Waals surface area contributed by atoms with Crippen molar-refractivity contribution in [3.8, 4) is 56.9 Å². The molecule has 10 aromatic rings. The zero-order valence-corrected chi connectivity index (χ0v) is 34.6. The van der Waals surface area contributed by atoms with E-state index in [2.05, 4.69) is 184 Å². The molecule has 0 bridgehead atoms. The highest BCUT2D eigenvalue weighted by Gasteiger charge is 2.23. The van der Waals surface area contributed by atoms with Gasteiger partial charge < -0.3 is 9.13 Å². The second-order valence-electron chi connectivity index (χ2n) is 16.4. The lowest BCUT2D eigenvalue weighted by Gasteiger charge is -2.19. The summed E-state index contributed by atoms with van der Waals surface area (Å²) in [6.45, 7) is 13.1. The standard InChI is InChI=1S/C56H42N4/c1-33-22-35(3)55(36(4)23-33)41-18-20-51-46(27-41)44-14-7-9-16-49(44)59(51)53-29-43(40-13-11-12-39(26-40)31-57)30-54(48(53)32-58)60-50-17-10-8-15-45(50)47-28-42(19-21-52(47)60)56-37(5)24-34(2)25-38(56)6/h7-30H,1-6H3. The number of benzene rings is 8. The topological polar surface area (TPSA) is 57.4 Å². The van der Waals surface area contributed by atoms with Crippen LogP contribution in [-0.2, 0) is 0 Å². The lowest BCUT2D eigenvalue weighted by Crippen LogP contribution is -2.05. The van der Waals surface area contributed by atoms with Crippen molar-refractivity contribution >= 4 is 43.6 Å². The first-order valence-electron chi connectivity index (χ1n) is 20.5. The number of hydrogen-bond acceptors (Lipinski definition) is 2. The van der Waals surface area contributed by atoms with E-state index in [0.29, 0.717) is 11.1 Å². The zero-order valence-electron chi connectivity index (χ0n) is 34.6. The van der Waals surface area contributed by atoms with Gasteiger partial charge in [-0.3, -0.25) is 0 Å². The fourth-order valence-electron chi connectivity index (χ4n) is 10.1. The van der Waals surface area contributed by atoms with E-state index in [-0.39, 0.29) is 0 Å². The Balaban J connectivity index is 1.30. The second kappa shape index (κ2) is 14.0. The summed E-state index contributed by atoms with van der Waals surface area (Å²) in [7, 11) is 0. The first kappa shape index (κ1) is 36.7. The van der Waals surface area contributed by atoms with E-state index in [1.807, 2.05) is 24.3 Å². The first-order valence-corrected chi connectivity index (χ1v) is 20.5. The number of para-hydroxylation sites is 2. The number of aromatic nitrogens is 2. The molecule has 286 valence electrons. The lowest BCUT2D eigenvalue weighted by atomic mass is 9.93. The van der Waals surface area contributed by atoms with Crippen LogP contribution in [0.4, 0.5) is 0 Å². The van der Waals surface area contributed by atoms with E-state index in [0.717, 1.165) is 66.1 Å². The van der Waals surface area contributed by atoms with Gasteiger partial charge in [0.2, 0.25) is 0 Å². The molecule has 10 rings (SSSR count). The van der Waals surface area contributed by atoms with Gasteiger partial charge in [-0.1, -0.05) is 96.1 Å². The average molecular weight is 771 g/mol. The molecular formula is C56H42N4. The summed E-state index contributed by atoms with van der Waals surface area (Å²) in [5.74, 6) is 0. The van der Waals surface area contributed by atoms with E-state index in [1.54, 1.807) is 0 Å². The maximum atomic E-state index is 11.5. The van der Waals surface area contributed by atoms with Crippen LogP contribution >= 0.6 is 0 Å². The monoisotopic (exact) mass is 770 g/mol. The highest BCUT2D eigenvalue weighted by molar-refractivity contribution is 6.12. The normalized spacial score (nSPS) is 11.5. The van der Waals surface area contributed by atoms with Gasteiger partial charge in [0.1, 0.15) is 11.6 Å². The van der Waals surface area contributed by atoms with Gasteiger partial charge in [-0.2, -0.15) is 10.5 Å². The van der Waals surface area contributed by atoms with Crippen LogP contribution in [0.1, 0.15) is 44.5 Å². The van der Waals surface area contributed by atoms with Gasteiger partial charge in [0.15, 0.2) is 0 Å². The molecule has 2 aromatic heterocycles. The van der Waals surface area contributed by atoms with E-state index in [1.165, 1.54) is 55.6 Å². The summed E-state index contributed by atoms with van der Waals surface area (Å²) >= 11 is 0. The molecule has 0 N–H and O–H groups in total. The third kappa shape index (κ3) is 5.72. The quantitative estimate of drug-likeness (QED) is 0.175. The van der Waals surface area contributed by atoms with Crippen LogP contribution in [-0.4, -0.2) is 9.13 Å². The van der Waals surface area contributed by atoms with Crippen molar-refractivity contribution in [3.05, 3.63) is 190 Å². The predicted octanol–water partition coefficient (Wildman–Crippen LogP) is 14.5. The van der Waals surface area contributed by atoms with E-state index >= 15 is 0 Å². The minimum Gasteiger partial charge on any atom is -0.308 e. The smallest absolute Gasteiger partial charge is 0.104 e. The lowest BCUT2D eigenvalue weighted by molar-refractivity contribution is 1.12. The first-order chi connectivity index (χ1) is 29.1. The van der Waals surface area contributed by atoms with Crippen LogP contribution in [0.2, 0.25) is 0 Å². The number of hydrogen-bond donors (Lipinski definition) is 0. The minimum absolute atomic E-state index is 0.559. The molecule has 60 heavy (non-hydrogen) atoms. The van der Waals surface area contributed by atoms with Crippen LogP contribution in [0.15, 0.2) is 146 Å². The molecule has 0 amide bonds. The summed E-state index contributed by atoms with van der Waals surface area (Å²) in [5.41, 5.74) is 20.9. The Morgan fingerprint density at radius 2 is 0.817 bits per heavy atom. The van der Waals surface area contributed by atoms with Crippen molar-refractivity contribution in [3.63, 3.8) is 0 Å². The van der Waals surface area contributed by atoms with Gasteiger partial charge in [0.05, 0.1) is 45.1 Å². The molecule has 0 unspecified atom stereocenters. The van der Waals surface area contributed by atoms with Crippen molar-refractivity contribution in [2.24, 2.45) is 0 Å². The molecule has 0 saturated heterocycles. The van der Waals surface area contributed by atoms with Crippen LogP contribution in [0.25, 0.3) is 88.4 Å². The fraction of sp³-hybridized carbons (Fsp3) is 0.107.